The lowest BCUT2D eigenvalue weighted by atomic mass is 10.1. The van der Waals surface area contributed by atoms with Crippen LogP contribution in [-0.4, -0.2) is 39.9 Å². The number of para-hydroxylation sites is 1. The molecule has 1 aliphatic heterocycles. The Balaban J connectivity index is 1.69. The average molecular weight is 436 g/mol. The van der Waals surface area contributed by atoms with Crippen molar-refractivity contribution in [2.75, 3.05) is 13.7 Å². The van der Waals surface area contributed by atoms with Crippen molar-refractivity contribution in [1.29, 1.82) is 0 Å². The molecule has 0 bridgehead atoms. The first-order valence-corrected chi connectivity index (χ1v) is 11.4. The molecule has 1 aliphatic rings. The number of carboxylic acid groups (broad SMARTS) is 1. The van der Waals surface area contributed by atoms with Crippen LogP contribution in [0.2, 0.25) is 0 Å². The molecule has 158 valence electrons. The lowest BCUT2D eigenvalue weighted by Gasteiger charge is -2.14. The van der Waals surface area contributed by atoms with Crippen LogP contribution in [-0.2, 0) is 9.59 Å². The Hall–Kier alpha value is -1.86. The van der Waals surface area contributed by atoms with E-state index in [1.54, 1.807) is 12.0 Å². The summed E-state index contributed by atoms with van der Waals surface area (Å²) in [5, 5.41) is 8.61. The number of carbonyl (C=O) groups is 2. The van der Waals surface area contributed by atoms with Gasteiger partial charge in [0.15, 0.2) is 0 Å². The lowest BCUT2D eigenvalue weighted by molar-refractivity contribution is -0.137. The van der Waals surface area contributed by atoms with Gasteiger partial charge in [-0.25, -0.2) is 0 Å². The van der Waals surface area contributed by atoms with Crippen LogP contribution in [0, 0.1) is 0 Å². The molecular formula is C22H29NO4S2. The molecule has 1 N–H and O–H groups in total. The molecular weight excluding hydrogens is 406 g/mol. The molecule has 7 heteroatoms. The Kier molecular flexibility index (Phi) is 10.2. The molecule has 1 saturated heterocycles. The fraction of sp³-hybridized carbons (Fsp3) is 0.500. The van der Waals surface area contributed by atoms with Gasteiger partial charge in [0.1, 0.15) is 10.1 Å². The van der Waals surface area contributed by atoms with E-state index in [9.17, 15) is 9.59 Å². The van der Waals surface area contributed by atoms with Crippen molar-refractivity contribution in [3.8, 4) is 5.75 Å². The monoisotopic (exact) mass is 435 g/mol. The molecule has 0 unspecified atom stereocenters. The van der Waals surface area contributed by atoms with Crippen molar-refractivity contribution >= 4 is 46.3 Å². The first-order valence-electron chi connectivity index (χ1n) is 10.1. The lowest BCUT2D eigenvalue weighted by Crippen LogP contribution is -2.29. The molecule has 0 aromatic heterocycles. The van der Waals surface area contributed by atoms with Gasteiger partial charge in [0.05, 0.1) is 12.0 Å². The van der Waals surface area contributed by atoms with E-state index in [0.717, 1.165) is 62.7 Å². The Bertz CT molecular complexity index is 748. The minimum absolute atomic E-state index is 0.0238. The number of nitrogens with zero attached hydrogens (tertiary/aromatic N) is 1. The van der Waals surface area contributed by atoms with Crippen LogP contribution < -0.4 is 4.74 Å². The number of benzene rings is 1. The number of thiocarbonyl (C=S) groups is 1. The second kappa shape index (κ2) is 12.6. The molecule has 0 spiro atoms. The van der Waals surface area contributed by atoms with Gasteiger partial charge < -0.3 is 9.84 Å². The molecule has 1 fully saturated rings. The van der Waals surface area contributed by atoms with Gasteiger partial charge in [-0.15, -0.1) is 0 Å². The minimum Gasteiger partial charge on any atom is -0.496 e. The van der Waals surface area contributed by atoms with E-state index >= 15 is 0 Å². The number of thioether (sulfide) groups is 1. The summed E-state index contributed by atoms with van der Waals surface area (Å²) in [4.78, 5) is 25.5. The van der Waals surface area contributed by atoms with Gasteiger partial charge in [0.25, 0.3) is 5.91 Å². The smallest absolute Gasteiger partial charge is 0.303 e. The highest BCUT2D eigenvalue weighted by atomic mass is 32.2. The molecule has 0 atom stereocenters. The van der Waals surface area contributed by atoms with Gasteiger partial charge in [0.2, 0.25) is 0 Å². The normalized spacial score (nSPS) is 15.3. The number of carbonyl (C=O) groups excluding carboxylic acids is 1. The predicted octanol–water partition coefficient (Wildman–Crippen LogP) is 5.49. The zero-order chi connectivity index (χ0) is 21.1. The molecule has 1 aromatic carbocycles. The topological polar surface area (TPSA) is 66.8 Å². The van der Waals surface area contributed by atoms with Gasteiger partial charge in [-0.1, -0.05) is 80.7 Å². The number of carboxylic acids is 1. The average Bonchev–Trinajstić information content (AvgIpc) is 2.96. The molecule has 0 aliphatic carbocycles. The summed E-state index contributed by atoms with van der Waals surface area (Å²) >= 11 is 6.75. The molecule has 1 heterocycles. The summed E-state index contributed by atoms with van der Waals surface area (Å²) in [5.74, 6) is 0.00325. The maximum absolute atomic E-state index is 12.7. The molecule has 5 nitrogen and oxygen atoms in total. The zero-order valence-corrected chi connectivity index (χ0v) is 18.5. The third-order valence-corrected chi connectivity index (χ3v) is 6.20. The summed E-state index contributed by atoms with van der Waals surface area (Å²) in [6.45, 7) is 0.659. The highest BCUT2D eigenvalue weighted by Gasteiger charge is 2.31. The van der Waals surface area contributed by atoms with E-state index < -0.39 is 5.97 Å². The fourth-order valence-corrected chi connectivity index (χ4v) is 4.53. The van der Waals surface area contributed by atoms with Crippen LogP contribution in [0.25, 0.3) is 6.08 Å². The van der Waals surface area contributed by atoms with E-state index in [2.05, 4.69) is 0 Å². The number of hydrogen-bond donors (Lipinski definition) is 1. The maximum Gasteiger partial charge on any atom is 0.303 e. The second-order valence-electron chi connectivity index (χ2n) is 7.05. The summed E-state index contributed by atoms with van der Waals surface area (Å²) in [7, 11) is 1.62. The van der Waals surface area contributed by atoms with Crippen molar-refractivity contribution in [2.45, 2.75) is 57.8 Å². The van der Waals surface area contributed by atoms with Gasteiger partial charge in [-0.3, -0.25) is 14.5 Å². The molecule has 29 heavy (non-hydrogen) atoms. The van der Waals surface area contributed by atoms with Gasteiger partial charge in [0, 0.05) is 18.5 Å². The summed E-state index contributed by atoms with van der Waals surface area (Å²) < 4.78 is 5.97. The number of amides is 1. The fourth-order valence-electron chi connectivity index (χ4n) is 3.23. The molecule has 2 rings (SSSR count). The Morgan fingerprint density at radius 3 is 2.38 bits per heavy atom. The SMILES string of the molecule is COc1ccccc1C=C1SC(=S)N(CCCCCCCCCCC(=O)O)C1=O. The van der Waals surface area contributed by atoms with Crippen LogP contribution in [0.4, 0.5) is 0 Å². The van der Waals surface area contributed by atoms with Crippen molar-refractivity contribution in [3.63, 3.8) is 0 Å². The minimum atomic E-state index is -0.710. The van der Waals surface area contributed by atoms with E-state index in [-0.39, 0.29) is 12.3 Å². The summed E-state index contributed by atoms with van der Waals surface area (Å²) in [6.07, 6.45) is 10.4. The van der Waals surface area contributed by atoms with Crippen molar-refractivity contribution in [2.24, 2.45) is 0 Å². The molecule has 1 aromatic rings. The van der Waals surface area contributed by atoms with Crippen LogP contribution in [0.1, 0.15) is 63.4 Å². The quantitative estimate of drug-likeness (QED) is 0.251. The summed E-state index contributed by atoms with van der Waals surface area (Å²) in [5.41, 5.74) is 0.874. The van der Waals surface area contributed by atoms with Gasteiger partial charge in [-0.2, -0.15) is 0 Å². The number of methoxy groups -OCH3 is 1. The number of aliphatic carboxylic acids is 1. The molecule has 1 amide bonds. The first kappa shape index (κ1) is 23.4. The third kappa shape index (κ3) is 7.82. The second-order valence-corrected chi connectivity index (χ2v) is 8.72. The van der Waals surface area contributed by atoms with Crippen molar-refractivity contribution in [1.82, 2.24) is 4.90 Å². The van der Waals surface area contributed by atoms with E-state index in [0.29, 0.717) is 15.8 Å². The maximum atomic E-state index is 12.7. The Morgan fingerprint density at radius 2 is 1.72 bits per heavy atom. The highest BCUT2D eigenvalue weighted by molar-refractivity contribution is 8.26. The Labute approximate surface area is 182 Å². The van der Waals surface area contributed by atoms with Gasteiger partial charge in [-0.05, 0) is 25.0 Å². The van der Waals surface area contributed by atoms with E-state index in [1.807, 2.05) is 30.3 Å². The third-order valence-electron chi connectivity index (χ3n) is 4.82. The predicted molar refractivity (Wildman–Crippen MR) is 122 cm³/mol. The Morgan fingerprint density at radius 1 is 1.10 bits per heavy atom. The highest BCUT2D eigenvalue weighted by Crippen LogP contribution is 2.34. The van der Waals surface area contributed by atoms with E-state index in [1.165, 1.54) is 11.8 Å². The largest absolute Gasteiger partial charge is 0.496 e. The van der Waals surface area contributed by atoms with Crippen LogP contribution >= 0.6 is 24.0 Å². The number of unbranched alkanes of at least 4 members (excludes halogenated alkanes) is 7. The van der Waals surface area contributed by atoms with Crippen LogP contribution in [0.3, 0.4) is 0 Å². The van der Waals surface area contributed by atoms with E-state index in [4.69, 9.17) is 22.1 Å². The molecule has 0 saturated carbocycles. The molecule has 0 radical (unpaired) electrons. The number of hydrogen-bond acceptors (Lipinski definition) is 5. The first-order chi connectivity index (χ1) is 14.0. The van der Waals surface area contributed by atoms with Crippen LogP contribution in [0.15, 0.2) is 29.2 Å². The van der Waals surface area contributed by atoms with Gasteiger partial charge >= 0.3 is 5.97 Å². The van der Waals surface area contributed by atoms with Crippen molar-refractivity contribution in [3.05, 3.63) is 34.7 Å². The zero-order valence-electron chi connectivity index (χ0n) is 16.9. The van der Waals surface area contributed by atoms with Crippen LogP contribution in [0.5, 0.6) is 5.75 Å². The number of ether oxygens (including phenoxy) is 1. The number of rotatable bonds is 13. The van der Waals surface area contributed by atoms with Crippen molar-refractivity contribution < 1.29 is 19.4 Å². The standard InChI is InChI=1S/C22H29NO4S2/c1-27-18-13-10-9-12-17(18)16-19-21(26)23(22(28)29-19)15-11-7-5-3-2-4-6-8-14-20(24)25/h9-10,12-13,16H,2-8,11,14-15H2,1H3,(H,24,25). The summed E-state index contributed by atoms with van der Waals surface area (Å²) in [6, 6.07) is 7.62.